The van der Waals surface area contributed by atoms with Crippen LogP contribution in [0.3, 0.4) is 0 Å². The molecule has 1 rings (SSSR count). The predicted octanol–water partition coefficient (Wildman–Crippen LogP) is 2.65. The highest BCUT2D eigenvalue weighted by molar-refractivity contribution is 4.80. The van der Waals surface area contributed by atoms with Crippen molar-refractivity contribution in [2.75, 3.05) is 26.2 Å². The number of hydrogen-bond acceptors (Lipinski definition) is 3. The van der Waals surface area contributed by atoms with Gasteiger partial charge in [0.1, 0.15) is 0 Å². The average molecular weight is 256 g/mol. The topological polar surface area (TPSA) is 24.5 Å². The molecule has 0 aliphatic carbocycles. The van der Waals surface area contributed by atoms with E-state index in [4.69, 9.17) is 4.74 Å². The van der Waals surface area contributed by atoms with Crippen LogP contribution in [0, 0.1) is 0 Å². The van der Waals surface area contributed by atoms with E-state index >= 15 is 0 Å². The summed E-state index contributed by atoms with van der Waals surface area (Å²) in [5.74, 6) is 0. The van der Waals surface area contributed by atoms with E-state index < -0.39 is 0 Å². The number of ether oxygens (including phenoxy) is 1. The summed E-state index contributed by atoms with van der Waals surface area (Å²) in [6.07, 6.45) is 3.79. The summed E-state index contributed by atoms with van der Waals surface area (Å²) < 4.78 is 5.85. The van der Waals surface area contributed by atoms with Gasteiger partial charge in [0, 0.05) is 25.2 Å². The summed E-state index contributed by atoms with van der Waals surface area (Å²) in [5.41, 5.74) is -0.0177. The molecule has 18 heavy (non-hydrogen) atoms. The van der Waals surface area contributed by atoms with Crippen molar-refractivity contribution in [2.45, 2.75) is 71.6 Å². The zero-order chi connectivity index (χ0) is 13.6. The van der Waals surface area contributed by atoms with E-state index in [1.165, 1.54) is 25.8 Å². The number of rotatable bonds is 5. The normalized spacial score (nSPS) is 27.2. The Morgan fingerprint density at radius 3 is 2.67 bits per heavy atom. The summed E-state index contributed by atoms with van der Waals surface area (Å²) in [6.45, 7) is 15.2. The molecular weight excluding hydrogens is 224 g/mol. The zero-order valence-corrected chi connectivity index (χ0v) is 13.0. The second kappa shape index (κ2) is 7.46. The molecule has 1 aliphatic rings. The summed E-state index contributed by atoms with van der Waals surface area (Å²) in [4.78, 5) is 2.59. The van der Waals surface area contributed by atoms with Crippen LogP contribution in [0.5, 0.6) is 0 Å². The molecule has 2 unspecified atom stereocenters. The number of nitrogens with zero attached hydrogens (tertiary/aromatic N) is 1. The van der Waals surface area contributed by atoms with Crippen LogP contribution in [0.4, 0.5) is 0 Å². The molecule has 3 nitrogen and oxygen atoms in total. The zero-order valence-electron chi connectivity index (χ0n) is 13.0. The minimum absolute atomic E-state index is 0.0177. The lowest BCUT2D eigenvalue weighted by molar-refractivity contribution is -0.0171. The molecule has 0 saturated carbocycles. The van der Waals surface area contributed by atoms with Crippen LogP contribution in [0.1, 0.15) is 53.9 Å². The van der Waals surface area contributed by atoms with Gasteiger partial charge in [-0.25, -0.2) is 0 Å². The number of nitrogens with one attached hydrogen (secondary N) is 1. The van der Waals surface area contributed by atoms with Crippen molar-refractivity contribution in [3.05, 3.63) is 0 Å². The molecule has 1 aliphatic heterocycles. The maximum absolute atomic E-state index is 5.85. The highest BCUT2D eigenvalue weighted by atomic mass is 16.5. The highest BCUT2D eigenvalue weighted by Gasteiger charge is 2.22. The van der Waals surface area contributed by atoms with Crippen molar-refractivity contribution in [1.29, 1.82) is 0 Å². The van der Waals surface area contributed by atoms with Gasteiger partial charge in [-0.1, -0.05) is 13.3 Å². The molecule has 2 atom stereocenters. The van der Waals surface area contributed by atoms with Crippen LogP contribution in [0.25, 0.3) is 0 Å². The summed E-state index contributed by atoms with van der Waals surface area (Å²) in [7, 11) is 0. The first-order chi connectivity index (χ1) is 8.42. The SMILES string of the molecule is CCCC1CN(CCOC(C)(C)C)C(C)CCN1. The fraction of sp³-hybridized carbons (Fsp3) is 1.00. The lowest BCUT2D eigenvalue weighted by Gasteiger charge is -2.30. The molecule has 1 saturated heterocycles. The van der Waals surface area contributed by atoms with E-state index in [2.05, 4.69) is 44.8 Å². The van der Waals surface area contributed by atoms with E-state index in [0.717, 1.165) is 19.7 Å². The Bertz CT molecular complexity index is 225. The van der Waals surface area contributed by atoms with Gasteiger partial charge in [0.15, 0.2) is 0 Å². The lowest BCUT2D eigenvalue weighted by Crippen LogP contribution is -2.42. The standard InChI is InChI=1S/C15H32N2O/c1-6-7-14-12-17(13(2)8-9-16-14)10-11-18-15(3,4)5/h13-14,16H,6-12H2,1-5H3. The molecule has 0 aromatic rings. The lowest BCUT2D eigenvalue weighted by atomic mass is 10.1. The third kappa shape index (κ3) is 6.17. The summed E-state index contributed by atoms with van der Waals surface area (Å²) in [6, 6.07) is 1.33. The van der Waals surface area contributed by atoms with Crippen molar-refractivity contribution < 1.29 is 4.74 Å². The second-order valence-corrected chi connectivity index (χ2v) is 6.53. The molecule has 0 radical (unpaired) electrons. The van der Waals surface area contributed by atoms with Crippen LogP contribution in [-0.4, -0.2) is 48.8 Å². The monoisotopic (exact) mass is 256 g/mol. The molecule has 1 heterocycles. The smallest absolute Gasteiger partial charge is 0.0600 e. The first-order valence-electron chi connectivity index (χ1n) is 7.53. The second-order valence-electron chi connectivity index (χ2n) is 6.53. The predicted molar refractivity (Wildman–Crippen MR) is 78.1 cm³/mol. The first-order valence-corrected chi connectivity index (χ1v) is 7.53. The minimum atomic E-state index is -0.0177. The highest BCUT2D eigenvalue weighted by Crippen LogP contribution is 2.13. The Morgan fingerprint density at radius 1 is 1.33 bits per heavy atom. The van der Waals surface area contributed by atoms with Crippen LogP contribution in [0.2, 0.25) is 0 Å². The van der Waals surface area contributed by atoms with Crippen molar-refractivity contribution in [3.63, 3.8) is 0 Å². The van der Waals surface area contributed by atoms with Gasteiger partial charge in [-0.05, 0) is 47.1 Å². The fourth-order valence-electron chi connectivity index (χ4n) is 2.53. The van der Waals surface area contributed by atoms with E-state index in [9.17, 15) is 0 Å². The Labute approximate surface area is 113 Å². The molecule has 1 fully saturated rings. The minimum Gasteiger partial charge on any atom is -0.375 e. The Balaban J connectivity index is 2.39. The van der Waals surface area contributed by atoms with Crippen molar-refractivity contribution in [1.82, 2.24) is 10.2 Å². The van der Waals surface area contributed by atoms with Gasteiger partial charge in [0.05, 0.1) is 12.2 Å². The largest absolute Gasteiger partial charge is 0.375 e. The van der Waals surface area contributed by atoms with Crippen molar-refractivity contribution in [2.24, 2.45) is 0 Å². The fourth-order valence-corrected chi connectivity index (χ4v) is 2.53. The van der Waals surface area contributed by atoms with Gasteiger partial charge < -0.3 is 10.1 Å². The van der Waals surface area contributed by atoms with Gasteiger partial charge >= 0.3 is 0 Å². The van der Waals surface area contributed by atoms with Crippen molar-refractivity contribution in [3.8, 4) is 0 Å². The molecule has 1 N–H and O–H groups in total. The summed E-state index contributed by atoms with van der Waals surface area (Å²) >= 11 is 0. The Morgan fingerprint density at radius 2 is 2.06 bits per heavy atom. The average Bonchev–Trinajstić information content (AvgIpc) is 2.41. The van der Waals surface area contributed by atoms with E-state index in [1.807, 2.05) is 0 Å². The molecular formula is C15H32N2O. The van der Waals surface area contributed by atoms with Crippen LogP contribution < -0.4 is 5.32 Å². The van der Waals surface area contributed by atoms with E-state index in [-0.39, 0.29) is 5.60 Å². The molecule has 0 bridgehead atoms. The van der Waals surface area contributed by atoms with Gasteiger partial charge in [-0.15, -0.1) is 0 Å². The molecule has 0 aromatic carbocycles. The first kappa shape index (κ1) is 15.9. The third-order valence-corrected chi connectivity index (χ3v) is 3.62. The summed E-state index contributed by atoms with van der Waals surface area (Å²) in [5, 5.41) is 3.67. The molecule has 0 spiro atoms. The van der Waals surface area contributed by atoms with E-state index in [1.54, 1.807) is 0 Å². The Hall–Kier alpha value is -0.120. The number of hydrogen-bond donors (Lipinski definition) is 1. The molecule has 108 valence electrons. The van der Waals surface area contributed by atoms with Crippen LogP contribution in [0.15, 0.2) is 0 Å². The maximum atomic E-state index is 5.85. The van der Waals surface area contributed by atoms with Crippen molar-refractivity contribution >= 4 is 0 Å². The third-order valence-electron chi connectivity index (χ3n) is 3.62. The molecule has 0 aromatic heterocycles. The Kier molecular flexibility index (Phi) is 6.61. The van der Waals surface area contributed by atoms with Gasteiger partial charge in [0.2, 0.25) is 0 Å². The van der Waals surface area contributed by atoms with Gasteiger partial charge in [-0.2, -0.15) is 0 Å². The molecule has 3 heteroatoms. The van der Waals surface area contributed by atoms with Gasteiger partial charge in [-0.3, -0.25) is 4.90 Å². The quantitative estimate of drug-likeness (QED) is 0.818. The van der Waals surface area contributed by atoms with Crippen LogP contribution >= 0.6 is 0 Å². The van der Waals surface area contributed by atoms with Gasteiger partial charge in [0.25, 0.3) is 0 Å². The molecule has 0 amide bonds. The van der Waals surface area contributed by atoms with E-state index in [0.29, 0.717) is 12.1 Å². The van der Waals surface area contributed by atoms with Crippen LogP contribution in [-0.2, 0) is 4.74 Å². The maximum Gasteiger partial charge on any atom is 0.0600 e.